The largest absolute Gasteiger partial charge is 0.326 e. The lowest BCUT2D eigenvalue weighted by Gasteiger charge is -2.09. The molecule has 2 N–H and O–H groups in total. The summed E-state index contributed by atoms with van der Waals surface area (Å²) < 4.78 is 14.7. The fourth-order valence-corrected chi connectivity index (χ4v) is 3.58. The lowest BCUT2D eigenvalue weighted by molar-refractivity contribution is -0.116. The summed E-state index contributed by atoms with van der Waals surface area (Å²) in [7, 11) is 0. The van der Waals surface area contributed by atoms with Crippen molar-refractivity contribution in [1.82, 2.24) is 14.8 Å². The van der Waals surface area contributed by atoms with E-state index in [0.29, 0.717) is 33.9 Å². The van der Waals surface area contributed by atoms with Gasteiger partial charge in [-0.2, -0.15) is 0 Å². The molecule has 2 aromatic carbocycles. The molecule has 0 aliphatic carbocycles. The van der Waals surface area contributed by atoms with Gasteiger partial charge in [0.25, 0.3) is 0 Å². The number of carbonyl (C=O) groups excluding carboxylic acids is 2. The number of allylic oxidation sites excluding steroid dienone is 1. The van der Waals surface area contributed by atoms with Crippen molar-refractivity contribution in [2.45, 2.75) is 18.1 Å². The van der Waals surface area contributed by atoms with Crippen LogP contribution in [0.5, 0.6) is 0 Å². The minimum Gasteiger partial charge on any atom is -0.326 e. The van der Waals surface area contributed by atoms with Crippen LogP contribution in [0.25, 0.3) is 0 Å². The maximum Gasteiger partial charge on any atom is 0.234 e. The van der Waals surface area contributed by atoms with Gasteiger partial charge >= 0.3 is 0 Å². The Bertz CT molecular complexity index is 1090. The first-order valence-corrected chi connectivity index (χ1v) is 10.6. The summed E-state index contributed by atoms with van der Waals surface area (Å²) in [6.45, 7) is 4.09. The van der Waals surface area contributed by atoms with Gasteiger partial charge in [0.2, 0.25) is 11.8 Å². The van der Waals surface area contributed by atoms with Crippen molar-refractivity contribution in [2.24, 2.45) is 0 Å². The zero-order valence-electron chi connectivity index (χ0n) is 16.3. The predicted molar refractivity (Wildman–Crippen MR) is 120 cm³/mol. The average Bonchev–Trinajstić information content (AvgIpc) is 3.11. The van der Waals surface area contributed by atoms with Gasteiger partial charge in [-0.05, 0) is 36.4 Å². The summed E-state index contributed by atoms with van der Waals surface area (Å²) in [4.78, 5) is 24.6. The molecule has 31 heavy (non-hydrogen) atoms. The normalized spacial score (nSPS) is 10.5. The van der Waals surface area contributed by atoms with Crippen LogP contribution in [0.4, 0.5) is 15.8 Å². The molecule has 0 saturated heterocycles. The zero-order chi connectivity index (χ0) is 22.2. The van der Waals surface area contributed by atoms with Crippen molar-refractivity contribution in [3.63, 3.8) is 0 Å². The van der Waals surface area contributed by atoms with Crippen LogP contribution in [-0.2, 0) is 22.6 Å². The van der Waals surface area contributed by atoms with Gasteiger partial charge in [0.05, 0.1) is 22.9 Å². The number of thioether (sulfide) groups is 1. The number of nitrogens with one attached hydrogen (secondary N) is 2. The van der Waals surface area contributed by atoms with Crippen LogP contribution in [0.1, 0.15) is 5.82 Å². The van der Waals surface area contributed by atoms with Crippen LogP contribution in [0, 0.1) is 5.82 Å². The molecule has 0 atom stereocenters. The number of amides is 2. The van der Waals surface area contributed by atoms with Gasteiger partial charge in [0.15, 0.2) is 5.16 Å². The summed E-state index contributed by atoms with van der Waals surface area (Å²) >= 11 is 7.24. The molecule has 0 fully saturated rings. The Morgan fingerprint density at radius 1 is 1.10 bits per heavy atom. The van der Waals surface area contributed by atoms with Crippen molar-refractivity contribution in [3.05, 3.63) is 77.9 Å². The van der Waals surface area contributed by atoms with E-state index in [-0.39, 0.29) is 29.8 Å². The van der Waals surface area contributed by atoms with Gasteiger partial charge in [-0.3, -0.25) is 9.59 Å². The highest BCUT2D eigenvalue weighted by molar-refractivity contribution is 7.99. The number of hydrogen-bond acceptors (Lipinski definition) is 5. The van der Waals surface area contributed by atoms with Crippen molar-refractivity contribution in [1.29, 1.82) is 0 Å². The van der Waals surface area contributed by atoms with Gasteiger partial charge in [0, 0.05) is 12.2 Å². The minimum atomic E-state index is -0.385. The maximum absolute atomic E-state index is 13.0. The van der Waals surface area contributed by atoms with E-state index in [1.165, 1.54) is 36.0 Å². The Kier molecular flexibility index (Phi) is 7.80. The highest BCUT2D eigenvalue weighted by Gasteiger charge is 2.17. The van der Waals surface area contributed by atoms with Crippen molar-refractivity contribution >= 4 is 46.6 Å². The standard InChI is InChI=1S/C21H19ClFN5O2S/c1-2-11-28-18(12-19(29)24-15-9-7-14(23)8-10-15)26-27-21(28)31-13-20(30)25-17-6-4-3-5-16(17)22/h2-10H,1,11-13H2,(H,24,29)(H,25,30). The van der Waals surface area contributed by atoms with Crippen LogP contribution in [0.3, 0.4) is 0 Å². The molecular weight excluding hydrogens is 441 g/mol. The number of benzene rings is 2. The molecule has 1 aromatic heterocycles. The second kappa shape index (κ2) is 10.7. The molecule has 0 aliphatic heterocycles. The van der Waals surface area contributed by atoms with E-state index in [9.17, 15) is 14.0 Å². The Labute approximate surface area is 187 Å². The van der Waals surface area contributed by atoms with Crippen LogP contribution in [-0.4, -0.2) is 32.3 Å². The van der Waals surface area contributed by atoms with E-state index in [1.807, 2.05) is 0 Å². The minimum absolute atomic E-state index is 0.0371. The predicted octanol–water partition coefficient (Wildman–Crippen LogP) is 4.17. The SMILES string of the molecule is C=CCn1c(CC(=O)Nc2ccc(F)cc2)nnc1SCC(=O)Nc1ccccc1Cl. The van der Waals surface area contributed by atoms with Crippen LogP contribution < -0.4 is 10.6 Å². The van der Waals surface area contributed by atoms with E-state index in [1.54, 1.807) is 34.9 Å². The number of aromatic nitrogens is 3. The number of carbonyl (C=O) groups is 2. The lowest BCUT2D eigenvalue weighted by Crippen LogP contribution is -2.18. The van der Waals surface area contributed by atoms with Gasteiger partial charge in [-0.1, -0.05) is 41.6 Å². The molecule has 7 nitrogen and oxygen atoms in total. The third kappa shape index (κ3) is 6.40. The van der Waals surface area contributed by atoms with Gasteiger partial charge in [-0.25, -0.2) is 4.39 Å². The summed E-state index contributed by atoms with van der Waals surface area (Å²) in [6.07, 6.45) is 1.61. The van der Waals surface area contributed by atoms with Crippen molar-refractivity contribution < 1.29 is 14.0 Å². The first kappa shape index (κ1) is 22.5. The molecule has 3 aromatic rings. The zero-order valence-corrected chi connectivity index (χ0v) is 17.9. The van der Waals surface area contributed by atoms with Gasteiger partial charge in [0.1, 0.15) is 11.6 Å². The molecule has 0 radical (unpaired) electrons. The number of hydrogen-bond donors (Lipinski definition) is 2. The molecule has 2 amide bonds. The molecular formula is C21H19ClFN5O2S. The molecule has 0 spiro atoms. The molecule has 0 bridgehead atoms. The summed E-state index contributed by atoms with van der Waals surface area (Å²) in [5.41, 5.74) is 1.01. The maximum atomic E-state index is 13.0. The second-order valence-corrected chi connectivity index (χ2v) is 7.70. The highest BCUT2D eigenvalue weighted by atomic mass is 35.5. The van der Waals surface area contributed by atoms with E-state index in [4.69, 9.17) is 11.6 Å². The quantitative estimate of drug-likeness (QED) is 0.370. The third-order valence-corrected chi connectivity index (χ3v) is 5.33. The number of rotatable bonds is 9. The molecule has 0 aliphatic rings. The Morgan fingerprint density at radius 3 is 2.55 bits per heavy atom. The number of para-hydroxylation sites is 1. The van der Waals surface area contributed by atoms with E-state index in [2.05, 4.69) is 27.4 Å². The van der Waals surface area contributed by atoms with E-state index >= 15 is 0 Å². The molecule has 0 saturated carbocycles. The van der Waals surface area contributed by atoms with E-state index in [0.717, 1.165) is 0 Å². The van der Waals surface area contributed by atoms with Crippen molar-refractivity contribution in [2.75, 3.05) is 16.4 Å². The van der Waals surface area contributed by atoms with Crippen LogP contribution in [0.15, 0.2) is 66.3 Å². The topological polar surface area (TPSA) is 88.9 Å². The molecule has 160 valence electrons. The average molecular weight is 460 g/mol. The lowest BCUT2D eigenvalue weighted by atomic mass is 10.3. The Balaban J connectivity index is 1.62. The Hall–Kier alpha value is -3.17. The first-order valence-electron chi connectivity index (χ1n) is 9.22. The molecule has 1 heterocycles. The molecule has 0 unspecified atom stereocenters. The van der Waals surface area contributed by atoms with Crippen molar-refractivity contribution in [3.8, 4) is 0 Å². The summed E-state index contributed by atoms with van der Waals surface area (Å²) in [5.74, 6) is -0.445. The second-order valence-electron chi connectivity index (χ2n) is 6.35. The fraction of sp³-hybridized carbons (Fsp3) is 0.143. The smallest absolute Gasteiger partial charge is 0.234 e. The number of anilines is 2. The Morgan fingerprint density at radius 2 is 1.84 bits per heavy atom. The number of nitrogens with zero attached hydrogens (tertiary/aromatic N) is 3. The van der Waals surface area contributed by atoms with Gasteiger partial charge in [-0.15, -0.1) is 16.8 Å². The van der Waals surface area contributed by atoms with Gasteiger partial charge < -0.3 is 15.2 Å². The monoisotopic (exact) mass is 459 g/mol. The van der Waals surface area contributed by atoms with Crippen LogP contribution in [0.2, 0.25) is 5.02 Å². The molecule has 10 heteroatoms. The first-order chi connectivity index (χ1) is 15.0. The fourth-order valence-electron chi connectivity index (χ4n) is 2.63. The highest BCUT2D eigenvalue weighted by Crippen LogP contribution is 2.22. The van der Waals surface area contributed by atoms with Crippen LogP contribution >= 0.6 is 23.4 Å². The summed E-state index contributed by atoms with van der Waals surface area (Å²) in [6, 6.07) is 12.4. The van der Waals surface area contributed by atoms with E-state index < -0.39 is 0 Å². The molecule has 3 rings (SSSR count). The number of halogens is 2. The summed E-state index contributed by atoms with van der Waals surface area (Å²) in [5, 5.41) is 14.5. The third-order valence-electron chi connectivity index (χ3n) is 4.03.